The van der Waals surface area contributed by atoms with Crippen LogP contribution in [-0.2, 0) is 6.54 Å². The van der Waals surface area contributed by atoms with Crippen LogP contribution in [0.5, 0.6) is 11.5 Å². The van der Waals surface area contributed by atoms with Gasteiger partial charge in [-0.3, -0.25) is 4.90 Å². The summed E-state index contributed by atoms with van der Waals surface area (Å²) in [4.78, 5) is 9.96. The Labute approximate surface area is 179 Å². The lowest BCUT2D eigenvalue weighted by atomic mass is 10.0. The van der Waals surface area contributed by atoms with Crippen LogP contribution in [0.25, 0.3) is 22.2 Å². The molecule has 4 rings (SSSR count). The molecule has 5 heteroatoms. The molecule has 158 valence electrons. The molecule has 30 heavy (non-hydrogen) atoms. The molecule has 1 aliphatic heterocycles. The van der Waals surface area contributed by atoms with Crippen LogP contribution in [-0.4, -0.2) is 62.2 Å². The summed E-state index contributed by atoms with van der Waals surface area (Å²) in [6, 6.07) is 15.5. The van der Waals surface area contributed by atoms with Gasteiger partial charge in [0.15, 0.2) is 11.5 Å². The third-order valence-corrected chi connectivity index (χ3v) is 6.08. The number of aromatic nitrogens is 1. The molecule has 1 aromatic heterocycles. The van der Waals surface area contributed by atoms with E-state index in [2.05, 4.69) is 61.2 Å². The molecule has 0 saturated carbocycles. The number of benzene rings is 2. The molecule has 2 heterocycles. The van der Waals surface area contributed by atoms with E-state index >= 15 is 0 Å². The molecule has 3 aromatic rings. The second-order valence-corrected chi connectivity index (χ2v) is 8.40. The third-order valence-electron chi connectivity index (χ3n) is 6.08. The zero-order valence-corrected chi connectivity index (χ0v) is 18.6. The fraction of sp³-hybridized carbons (Fsp3) is 0.400. The predicted octanol–water partition coefficient (Wildman–Crippen LogP) is 4.36. The highest BCUT2D eigenvalue weighted by molar-refractivity contribution is 5.84. The van der Waals surface area contributed by atoms with Crippen molar-refractivity contribution in [3.8, 4) is 22.8 Å². The molecule has 0 amide bonds. The first-order chi connectivity index (χ1) is 14.5. The third kappa shape index (κ3) is 4.13. The van der Waals surface area contributed by atoms with Crippen molar-refractivity contribution >= 4 is 10.9 Å². The maximum atomic E-state index is 5.55. The lowest BCUT2D eigenvalue weighted by molar-refractivity contribution is 0.265. The quantitative estimate of drug-likeness (QED) is 0.609. The fourth-order valence-corrected chi connectivity index (χ4v) is 4.29. The molecular formula is C25H31N3O2. The lowest BCUT2D eigenvalue weighted by Crippen LogP contribution is -2.31. The van der Waals surface area contributed by atoms with E-state index in [4.69, 9.17) is 14.5 Å². The predicted molar refractivity (Wildman–Crippen MR) is 122 cm³/mol. The van der Waals surface area contributed by atoms with E-state index in [9.17, 15) is 0 Å². The van der Waals surface area contributed by atoms with Gasteiger partial charge in [0.05, 0.1) is 25.4 Å². The van der Waals surface area contributed by atoms with Gasteiger partial charge in [0.1, 0.15) is 0 Å². The standard InChI is InChI=1S/C25H31N3O2/c1-17-6-7-18-13-20(15-28-11-10-21(16-28)27(2)3)25(26-22(18)12-17)19-8-9-23(29-4)24(14-19)30-5/h6-9,12-14,21H,10-11,15-16H2,1-5H3. The second-order valence-electron chi connectivity index (χ2n) is 8.40. The monoisotopic (exact) mass is 405 g/mol. The van der Waals surface area contributed by atoms with Crippen molar-refractivity contribution in [3.63, 3.8) is 0 Å². The van der Waals surface area contributed by atoms with E-state index in [1.807, 2.05) is 12.1 Å². The van der Waals surface area contributed by atoms with Crippen LogP contribution >= 0.6 is 0 Å². The summed E-state index contributed by atoms with van der Waals surface area (Å²) >= 11 is 0. The maximum absolute atomic E-state index is 5.55. The highest BCUT2D eigenvalue weighted by Gasteiger charge is 2.25. The zero-order chi connectivity index (χ0) is 21.3. The van der Waals surface area contributed by atoms with Crippen LogP contribution in [0.1, 0.15) is 17.5 Å². The van der Waals surface area contributed by atoms with Gasteiger partial charge in [0.2, 0.25) is 0 Å². The van der Waals surface area contributed by atoms with Crippen LogP contribution < -0.4 is 9.47 Å². The number of hydrogen-bond acceptors (Lipinski definition) is 5. The van der Waals surface area contributed by atoms with Gasteiger partial charge in [-0.2, -0.15) is 0 Å². The molecule has 0 aliphatic carbocycles. The Balaban J connectivity index is 1.77. The summed E-state index contributed by atoms with van der Waals surface area (Å²) in [5, 5.41) is 1.18. The average Bonchev–Trinajstić information content (AvgIpc) is 3.22. The normalized spacial score (nSPS) is 17.1. The van der Waals surface area contributed by atoms with E-state index in [1.54, 1.807) is 14.2 Å². The smallest absolute Gasteiger partial charge is 0.161 e. The van der Waals surface area contributed by atoms with Gasteiger partial charge in [0.25, 0.3) is 0 Å². The molecular weight excluding hydrogens is 374 g/mol. The Kier molecular flexibility index (Phi) is 5.93. The number of nitrogens with zero attached hydrogens (tertiary/aromatic N) is 3. The van der Waals surface area contributed by atoms with Crippen LogP contribution in [0.4, 0.5) is 0 Å². The summed E-state index contributed by atoms with van der Waals surface area (Å²) in [7, 11) is 7.67. The SMILES string of the molecule is COc1ccc(-c2nc3cc(C)ccc3cc2CN2CCC(N(C)C)C2)cc1OC. The minimum absolute atomic E-state index is 0.616. The van der Waals surface area contributed by atoms with Crippen LogP contribution in [0.3, 0.4) is 0 Å². The van der Waals surface area contributed by atoms with Gasteiger partial charge < -0.3 is 14.4 Å². The first-order valence-electron chi connectivity index (χ1n) is 10.5. The Morgan fingerprint density at radius 1 is 1.03 bits per heavy atom. The number of rotatable bonds is 6. The van der Waals surface area contributed by atoms with Crippen molar-refractivity contribution in [3.05, 3.63) is 53.6 Å². The summed E-state index contributed by atoms with van der Waals surface area (Å²) < 4.78 is 11.0. The number of ether oxygens (including phenoxy) is 2. The van der Waals surface area contributed by atoms with Crippen molar-refractivity contribution < 1.29 is 9.47 Å². The van der Waals surface area contributed by atoms with Gasteiger partial charge in [-0.15, -0.1) is 0 Å². The minimum Gasteiger partial charge on any atom is -0.493 e. The number of aryl methyl sites for hydroxylation is 1. The first kappa shape index (κ1) is 20.6. The topological polar surface area (TPSA) is 37.8 Å². The molecule has 0 radical (unpaired) electrons. The Morgan fingerprint density at radius 2 is 1.83 bits per heavy atom. The zero-order valence-electron chi connectivity index (χ0n) is 18.6. The number of hydrogen-bond donors (Lipinski definition) is 0. The molecule has 1 saturated heterocycles. The lowest BCUT2D eigenvalue weighted by Gasteiger charge is -2.21. The van der Waals surface area contributed by atoms with Gasteiger partial charge >= 0.3 is 0 Å². The molecule has 0 N–H and O–H groups in total. The van der Waals surface area contributed by atoms with Crippen LogP contribution in [0.2, 0.25) is 0 Å². The van der Waals surface area contributed by atoms with Crippen molar-refractivity contribution in [2.75, 3.05) is 41.4 Å². The van der Waals surface area contributed by atoms with Crippen molar-refractivity contribution in [2.45, 2.75) is 25.9 Å². The summed E-state index contributed by atoms with van der Waals surface area (Å²) in [5.41, 5.74) is 5.56. The van der Waals surface area contributed by atoms with Gasteiger partial charge in [-0.1, -0.05) is 12.1 Å². The van der Waals surface area contributed by atoms with Crippen molar-refractivity contribution in [1.82, 2.24) is 14.8 Å². The highest BCUT2D eigenvalue weighted by Crippen LogP contribution is 2.35. The summed E-state index contributed by atoms with van der Waals surface area (Å²) in [6.45, 7) is 5.20. The summed E-state index contributed by atoms with van der Waals surface area (Å²) in [5.74, 6) is 1.45. The van der Waals surface area contributed by atoms with Crippen molar-refractivity contribution in [2.24, 2.45) is 0 Å². The van der Waals surface area contributed by atoms with Crippen LogP contribution in [0, 0.1) is 6.92 Å². The number of likely N-dealkylation sites (tertiary alicyclic amines) is 1. The van der Waals surface area contributed by atoms with E-state index in [1.165, 1.54) is 22.9 Å². The van der Waals surface area contributed by atoms with E-state index < -0.39 is 0 Å². The van der Waals surface area contributed by atoms with Crippen LogP contribution in [0.15, 0.2) is 42.5 Å². The second kappa shape index (κ2) is 8.62. The molecule has 0 spiro atoms. The molecule has 1 unspecified atom stereocenters. The molecule has 1 fully saturated rings. The maximum Gasteiger partial charge on any atom is 0.161 e. The highest BCUT2D eigenvalue weighted by atomic mass is 16.5. The Bertz CT molecular complexity index is 1050. The van der Waals surface area contributed by atoms with E-state index in [0.717, 1.165) is 47.9 Å². The van der Waals surface area contributed by atoms with Crippen molar-refractivity contribution in [1.29, 1.82) is 0 Å². The van der Waals surface area contributed by atoms with E-state index in [0.29, 0.717) is 6.04 Å². The largest absolute Gasteiger partial charge is 0.493 e. The van der Waals surface area contributed by atoms with Gasteiger partial charge in [-0.25, -0.2) is 4.98 Å². The number of methoxy groups -OCH3 is 2. The molecule has 1 atom stereocenters. The Morgan fingerprint density at radius 3 is 2.53 bits per heavy atom. The number of likely N-dealkylation sites (N-methyl/N-ethyl adjacent to an activating group) is 1. The van der Waals surface area contributed by atoms with Gasteiger partial charge in [-0.05, 0) is 68.9 Å². The summed E-state index contributed by atoms with van der Waals surface area (Å²) in [6.07, 6.45) is 1.21. The minimum atomic E-state index is 0.616. The molecule has 0 bridgehead atoms. The van der Waals surface area contributed by atoms with E-state index in [-0.39, 0.29) is 0 Å². The Hall–Kier alpha value is -2.63. The molecule has 2 aromatic carbocycles. The molecule has 5 nitrogen and oxygen atoms in total. The number of fused-ring (bicyclic) bond motifs is 1. The number of pyridine rings is 1. The first-order valence-corrected chi connectivity index (χ1v) is 10.5. The average molecular weight is 406 g/mol. The fourth-order valence-electron chi connectivity index (χ4n) is 4.29. The van der Waals surface area contributed by atoms with Gasteiger partial charge in [0, 0.05) is 36.6 Å². The molecule has 1 aliphatic rings.